The van der Waals surface area contributed by atoms with Crippen LogP contribution in [0.25, 0.3) is 10.9 Å². The van der Waals surface area contributed by atoms with Gasteiger partial charge in [0.05, 0.1) is 23.7 Å². The van der Waals surface area contributed by atoms with Crippen LogP contribution in [0.15, 0.2) is 24.3 Å². The molecule has 2 N–H and O–H groups in total. The summed E-state index contributed by atoms with van der Waals surface area (Å²) in [4.78, 5) is 16.7. The molecule has 1 aromatic carbocycles. The molecule has 0 saturated carbocycles. The van der Waals surface area contributed by atoms with Crippen molar-refractivity contribution in [2.45, 2.75) is 19.4 Å². The molecule has 0 spiro atoms. The summed E-state index contributed by atoms with van der Waals surface area (Å²) in [7, 11) is 0. The lowest BCUT2D eigenvalue weighted by atomic mass is 10.1. The molecule has 0 fully saturated rings. The number of carbonyl (C=O) groups is 1. The number of thioether (sulfide) groups is 1. The van der Waals surface area contributed by atoms with Crippen LogP contribution in [0, 0.1) is 12.7 Å². The zero-order valence-corrected chi connectivity index (χ0v) is 13.4. The summed E-state index contributed by atoms with van der Waals surface area (Å²) < 4.78 is 13.3. The van der Waals surface area contributed by atoms with Crippen molar-refractivity contribution >= 4 is 28.6 Å². The third-order valence-corrected chi connectivity index (χ3v) is 4.01. The number of benzene rings is 1. The molecule has 1 aromatic heterocycles. The topological polar surface area (TPSA) is 62.2 Å². The Balaban J connectivity index is 2.31. The largest absolute Gasteiger partial charge is 0.394 e. The summed E-state index contributed by atoms with van der Waals surface area (Å²) in [6, 6.07) is 5.58. The number of pyridine rings is 1. The van der Waals surface area contributed by atoms with Crippen LogP contribution in [0.2, 0.25) is 0 Å². The number of aromatic nitrogens is 1. The molecule has 2 rings (SSSR count). The molecule has 0 aliphatic carbocycles. The summed E-state index contributed by atoms with van der Waals surface area (Å²) >= 11 is 1.66. The molecule has 1 heterocycles. The van der Waals surface area contributed by atoms with Crippen LogP contribution < -0.4 is 5.32 Å². The Kier molecular flexibility index (Phi) is 5.74. The van der Waals surface area contributed by atoms with Crippen LogP contribution >= 0.6 is 11.8 Å². The second-order valence-corrected chi connectivity index (χ2v) is 6.09. The molecule has 0 aliphatic heterocycles. The minimum Gasteiger partial charge on any atom is -0.394 e. The second kappa shape index (κ2) is 7.56. The fourth-order valence-electron chi connectivity index (χ4n) is 2.25. The van der Waals surface area contributed by atoms with Gasteiger partial charge in [0, 0.05) is 17.1 Å². The van der Waals surface area contributed by atoms with Gasteiger partial charge in [-0.1, -0.05) is 0 Å². The highest BCUT2D eigenvalue weighted by Crippen LogP contribution is 2.20. The maximum atomic E-state index is 13.3. The van der Waals surface area contributed by atoms with Crippen molar-refractivity contribution in [1.82, 2.24) is 10.3 Å². The quantitative estimate of drug-likeness (QED) is 0.858. The van der Waals surface area contributed by atoms with E-state index in [2.05, 4.69) is 10.3 Å². The third-order valence-electron chi connectivity index (χ3n) is 3.37. The van der Waals surface area contributed by atoms with Crippen LogP contribution in [-0.4, -0.2) is 40.7 Å². The van der Waals surface area contributed by atoms with Gasteiger partial charge in [0.1, 0.15) is 5.82 Å². The van der Waals surface area contributed by atoms with E-state index in [1.54, 1.807) is 30.8 Å². The van der Waals surface area contributed by atoms with Crippen molar-refractivity contribution < 1.29 is 14.3 Å². The van der Waals surface area contributed by atoms with E-state index in [9.17, 15) is 14.3 Å². The molecule has 6 heteroatoms. The normalized spacial score (nSPS) is 12.4. The van der Waals surface area contributed by atoms with Crippen molar-refractivity contribution in [2.75, 3.05) is 18.6 Å². The number of carbonyl (C=O) groups excluding carboxylic acids is 1. The summed E-state index contributed by atoms with van der Waals surface area (Å²) in [6.07, 6.45) is 2.67. The number of aryl methyl sites for hydroxylation is 1. The van der Waals surface area contributed by atoms with E-state index in [1.807, 2.05) is 6.26 Å². The zero-order valence-electron chi connectivity index (χ0n) is 12.6. The average molecular weight is 322 g/mol. The molecule has 0 bridgehead atoms. The van der Waals surface area contributed by atoms with Gasteiger partial charge < -0.3 is 10.4 Å². The average Bonchev–Trinajstić information content (AvgIpc) is 2.49. The van der Waals surface area contributed by atoms with Gasteiger partial charge in [0.15, 0.2) is 0 Å². The lowest BCUT2D eigenvalue weighted by molar-refractivity contribution is 0.0917. The van der Waals surface area contributed by atoms with E-state index in [-0.39, 0.29) is 24.4 Å². The number of rotatable bonds is 6. The number of hydrogen-bond donors (Lipinski definition) is 2. The number of nitrogens with zero attached hydrogens (tertiary/aromatic N) is 1. The minimum atomic E-state index is -0.384. The molecule has 0 saturated heterocycles. The van der Waals surface area contributed by atoms with E-state index < -0.39 is 0 Å². The highest BCUT2D eigenvalue weighted by atomic mass is 32.2. The standard InChI is InChI=1S/C16H19FN2O2S/c1-10-7-14(13-4-3-11(17)8-15(13)18-10)16(21)19-12(9-20)5-6-22-2/h3-4,7-8,12,20H,5-6,9H2,1-2H3,(H,19,21)/t12-/m0/s1. The number of nitrogens with one attached hydrogen (secondary N) is 1. The van der Waals surface area contributed by atoms with Crippen molar-refractivity contribution in [3.8, 4) is 0 Å². The second-order valence-electron chi connectivity index (χ2n) is 5.11. The number of aliphatic hydroxyl groups excluding tert-OH is 1. The predicted molar refractivity (Wildman–Crippen MR) is 87.8 cm³/mol. The number of hydrogen-bond acceptors (Lipinski definition) is 4. The molecule has 1 atom stereocenters. The molecule has 0 aliphatic rings. The van der Waals surface area contributed by atoms with Gasteiger partial charge in [-0.2, -0.15) is 11.8 Å². The lowest BCUT2D eigenvalue weighted by Gasteiger charge is -2.16. The van der Waals surface area contributed by atoms with Crippen molar-refractivity contribution in [1.29, 1.82) is 0 Å². The van der Waals surface area contributed by atoms with Crippen LogP contribution in [0.5, 0.6) is 0 Å². The zero-order chi connectivity index (χ0) is 16.1. The first-order valence-corrected chi connectivity index (χ1v) is 8.42. The van der Waals surface area contributed by atoms with Crippen LogP contribution in [-0.2, 0) is 0 Å². The molecule has 1 amide bonds. The van der Waals surface area contributed by atoms with Crippen molar-refractivity contribution in [2.24, 2.45) is 0 Å². The smallest absolute Gasteiger partial charge is 0.252 e. The van der Waals surface area contributed by atoms with E-state index in [1.165, 1.54) is 12.1 Å². The van der Waals surface area contributed by atoms with Gasteiger partial charge in [-0.15, -0.1) is 0 Å². The van der Waals surface area contributed by atoms with E-state index in [0.717, 1.165) is 5.75 Å². The predicted octanol–water partition coefficient (Wildman–Crippen LogP) is 2.53. The highest BCUT2D eigenvalue weighted by molar-refractivity contribution is 7.98. The van der Waals surface area contributed by atoms with Gasteiger partial charge in [-0.3, -0.25) is 9.78 Å². The monoisotopic (exact) mass is 322 g/mol. The van der Waals surface area contributed by atoms with Gasteiger partial charge in [-0.25, -0.2) is 4.39 Å². The maximum Gasteiger partial charge on any atom is 0.252 e. The Morgan fingerprint density at radius 2 is 2.23 bits per heavy atom. The van der Waals surface area contributed by atoms with Crippen LogP contribution in [0.4, 0.5) is 4.39 Å². The van der Waals surface area contributed by atoms with Crippen LogP contribution in [0.3, 0.4) is 0 Å². The number of halogens is 1. The molecule has 2 aromatic rings. The fourth-order valence-corrected chi connectivity index (χ4v) is 2.77. The van der Waals surface area contributed by atoms with Crippen molar-refractivity contribution in [3.05, 3.63) is 41.3 Å². The summed E-state index contributed by atoms with van der Waals surface area (Å²) in [6.45, 7) is 1.65. The third kappa shape index (κ3) is 3.96. The molecular weight excluding hydrogens is 303 g/mol. The van der Waals surface area contributed by atoms with Gasteiger partial charge in [0.2, 0.25) is 0 Å². The first-order chi connectivity index (χ1) is 10.5. The Hall–Kier alpha value is -1.66. The minimum absolute atomic E-state index is 0.108. The van der Waals surface area contributed by atoms with E-state index >= 15 is 0 Å². The molecule has 0 unspecified atom stereocenters. The Bertz CT molecular complexity index is 673. The first-order valence-electron chi connectivity index (χ1n) is 7.02. The maximum absolute atomic E-state index is 13.3. The van der Waals surface area contributed by atoms with Gasteiger partial charge >= 0.3 is 0 Å². The van der Waals surface area contributed by atoms with E-state index in [4.69, 9.17) is 0 Å². The first kappa shape index (κ1) is 16.7. The summed E-state index contributed by atoms with van der Waals surface area (Å²) in [5, 5.41) is 12.8. The number of aliphatic hydroxyl groups is 1. The molecule has 118 valence electrons. The van der Waals surface area contributed by atoms with E-state index in [0.29, 0.717) is 28.6 Å². The number of amides is 1. The van der Waals surface area contributed by atoms with Crippen LogP contribution in [0.1, 0.15) is 22.5 Å². The SMILES string of the molecule is CSCC[C@@H](CO)NC(=O)c1cc(C)nc2cc(F)ccc12. The molecule has 0 radical (unpaired) electrons. The summed E-state index contributed by atoms with van der Waals surface area (Å²) in [5.41, 5.74) is 1.55. The Morgan fingerprint density at radius 3 is 2.91 bits per heavy atom. The van der Waals surface area contributed by atoms with Gasteiger partial charge in [-0.05, 0) is 43.6 Å². The molecule has 22 heavy (non-hydrogen) atoms. The highest BCUT2D eigenvalue weighted by Gasteiger charge is 2.16. The summed E-state index contributed by atoms with van der Waals surface area (Å²) in [5.74, 6) is 0.194. The molecule has 4 nitrogen and oxygen atoms in total. The number of fused-ring (bicyclic) bond motifs is 1. The Morgan fingerprint density at radius 1 is 1.45 bits per heavy atom. The van der Waals surface area contributed by atoms with Crippen molar-refractivity contribution in [3.63, 3.8) is 0 Å². The molecular formula is C16H19FN2O2S. The Labute approximate surface area is 133 Å². The van der Waals surface area contributed by atoms with Gasteiger partial charge in [0.25, 0.3) is 5.91 Å². The lowest BCUT2D eigenvalue weighted by Crippen LogP contribution is -2.38. The fraction of sp³-hybridized carbons (Fsp3) is 0.375.